The largest absolute Gasteiger partial charge is 0.310 e. The molecule has 1 aliphatic heterocycles. The molecule has 0 spiro atoms. The Morgan fingerprint density at radius 1 is 1.50 bits per heavy atom. The highest BCUT2D eigenvalue weighted by molar-refractivity contribution is 4.81. The first-order valence-electron chi connectivity index (χ1n) is 5.67. The summed E-state index contributed by atoms with van der Waals surface area (Å²) in [5.74, 6) is 0. The van der Waals surface area contributed by atoms with Crippen molar-refractivity contribution in [3.8, 4) is 0 Å². The Balaban J connectivity index is 2.10. The molecule has 1 fully saturated rings. The van der Waals surface area contributed by atoms with Crippen molar-refractivity contribution in [2.45, 2.75) is 31.8 Å². The lowest BCUT2D eigenvalue weighted by molar-refractivity contribution is 0.341. The van der Waals surface area contributed by atoms with Crippen molar-refractivity contribution in [3.05, 3.63) is 0 Å². The number of nitrogens with zero attached hydrogens (tertiary/aromatic N) is 2. The summed E-state index contributed by atoms with van der Waals surface area (Å²) in [5.41, 5.74) is 0. The van der Waals surface area contributed by atoms with Crippen molar-refractivity contribution in [2.75, 3.05) is 40.8 Å². The van der Waals surface area contributed by atoms with Crippen LogP contribution in [-0.2, 0) is 0 Å². The molecule has 0 saturated carbocycles. The zero-order valence-electron chi connectivity index (χ0n) is 10.1. The zero-order valence-corrected chi connectivity index (χ0v) is 10.1. The fraction of sp³-hybridized carbons (Fsp3) is 1.00. The molecule has 1 heterocycles. The van der Waals surface area contributed by atoms with E-state index in [1.165, 1.54) is 32.5 Å². The molecule has 0 aliphatic carbocycles. The van der Waals surface area contributed by atoms with E-state index < -0.39 is 0 Å². The highest BCUT2D eigenvalue weighted by Crippen LogP contribution is 2.07. The van der Waals surface area contributed by atoms with Crippen LogP contribution in [0.1, 0.15) is 19.8 Å². The van der Waals surface area contributed by atoms with Crippen molar-refractivity contribution in [1.29, 1.82) is 0 Å². The monoisotopic (exact) mass is 199 g/mol. The van der Waals surface area contributed by atoms with Gasteiger partial charge in [0.05, 0.1) is 0 Å². The molecule has 2 atom stereocenters. The lowest BCUT2D eigenvalue weighted by Crippen LogP contribution is -2.39. The van der Waals surface area contributed by atoms with E-state index in [2.05, 4.69) is 43.2 Å². The van der Waals surface area contributed by atoms with Gasteiger partial charge in [0.15, 0.2) is 0 Å². The quantitative estimate of drug-likeness (QED) is 0.700. The third kappa shape index (κ3) is 4.40. The van der Waals surface area contributed by atoms with Crippen LogP contribution in [0.15, 0.2) is 0 Å². The first-order chi connectivity index (χ1) is 6.58. The average Bonchev–Trinajstić information content (AvgIpc) is 2.48. The second-order valence-corrected chi connectivity index (χ2v) is 4.91. The summed E-state index contributed by atoms with van der Waals surface area (Å²) >= 11 is 0. The van der Waals surface area contributed by atoms with Crippen LogP contribution in [0.5, 0.6) is 0 Å². The van der Waals surface area contributed by atoms with Crippen LogP contribution in [0.4, 0.5) is 0 Å². The molecular weight excluding hydrogens is 174 g/mol. The molecule has 1 aliphatic rings. The summed E-state index contributed by atoms with van der Waals surface area (Å²) < 4.78 is 0. The van der Waals surface area contributed by atoms with Gasteiger partial charge in [-0.05, 0) is 54.0 Å². The maximum absolute atomic E-state index is 3.70. The van der Waals surface area contributed by atoms with Crippen LogP contribution in [0, 0.1) is 0 Å². The van der Waals surface area contributed by atoms with Crippen molar-refractivity contribution < 1.29 is 0 Å². The lowest BCUT2D eigenvalue weighted by atomic mass is 10.2. The first-order valence-corrected chi connectivity index (χ1v) is 5.67. The molecule has 1 rings (SSSR count). The smallest absolute Gasteiger partial charge is 0.0209 e. The van der Waals surface area contributed by atoms with E-state index in [0.29, 0.717) is 6.04 Å². The molecule has 1 N–H and O–H groups in total. The van der Waals surface area contributed by atoms with Crippen LogP contribution in [0.2, 0.25) is 0 Å². The second kappa shape index (κ2) is 5.69. The summed E-state index contributed by atoms with van der Waals surface area (Å²) in [7, 11) is 6.47. The summed E-state index contributed by atoms with van der Waals surface area (Å²) in [6, 6.07) is 1.37. The molecule has 0 bridgehead atoms. The predicted molar refractivity (Wildman–Crippen MR) is 61.7 cm³/mol. The van der Waals surface area contributed by atoms with Crippen LogP contribution in [0.25, 0.3) is 0 Å². The van der Waals surface area contributed by atoms with E-state index in [1.807, 2.05) is 0 Å². The Kier molecular flexibility index (Phi) is 4.85. The van der Waals surface area contributed by atoms with E-state index in [-0.39, 0.29) is 0 Å². The summed E-state index contributed by atoms with van der Waals surface area (Å²) in [5, 5.41) is 3.70. The molecule has 0 aromatic carbocycles. The summed E-state index contributed by atoms with van der Waals surface area (Å²) in [4.78, 5) is 4.65. The Labute approximate surface area is 88.5 Å². The van der Waals surface area contributed by atoms with Gasteiger partial charge in [0.2, 0.25) is 0 Å². The van der Waals surface area contributed by atoms with E-state index in [0.717, 1.165) is 6.04 Å². The number of hydrogen-bond acceptors (Lipinski definition) is 3. The van der Waals surface area contributed by atoms with Crippen LogP contribution in [-0.4, -0.2) is 62.7 Å². The molecule has 0 aromatic heterocycles. The number of likely N-dealkylation sites (N-methyl/N-ethyl adjacent to an activating group) is 1. The Morgan fingerprint density at radius 3 is 2.71 bits per heavy atom. The number of nitrogens with one attached hydrogen (secondary N) is 1. The Hall–Kier alpha value is -0.120. The normalized spacial score (nSPS) is 25.9. The number of rotatable bonds is 5. The van der Waals surface area contributed by atoms with Gasteiger partial charge >= 0.3 is 0 Å². The van der Waals surface area contributed by atoms with Crippen LogP contribution in [0.3, 0.4) is 0 Å². The maximum Gasteiger partial charge on any atom is 0.0209 e. The third-order valence-corrected chi connectivity index (χ3v) is 2.92. The second-order valence-electron chi connectivity index (χ2n) is 4.91. The molecule has 3 heteroatoms. The van der Waals surface area contributed by atoms with Crippen LogP contribution < -0.4 is 5.32 Å². The highest BCUT2D eigenvalue weighted by atomic mass is 15.2. The van der Waals surface area contributed by atoms with Gasteiger partial charge in [-0.3, -0.25) is 0 Å². The van der Waals surface area contributed by atoms with Gasteiger partial charge in [0.25, 0.3) is 0 Å². The van der Waals surface area contributed by atoms with E-state index in [1.54, 1.807) is 0 Å². The topological polar surface area (TPSA) is 18.5 Å². The van der Waals surface area contributed by atoms with Gasteiger partial charge in [-0.1, -0.05) is 0 Å². The Morgan fingerprint density at radius 2 is 2.21 bits per heavy atom. The van der Waals surface area contributed by atoms with Gasteiger partial charge in [0, 0.05) is 18.6 Å². The van der Waals surface area contributed by atoms with Gasteiger partial charge in [-0.15, -0.1) is 0 Å². The minimum Gasteiger partial charge on any atom is -0.310 e. The maximum atomic E-state index is 3.70. The lowest BCUT2D eigenvalue weighted by Gasteiger charge is -2.20. The van der Waals surface area contributed by atoms with Crippen LogP contribution >= 0.6 is 0 Å². The number of likely N-dealkylation sites (tertiary alicyclic amines) is 1. The van der Waals surface area contributed by atoms with E-state index in [9.17, 15) is 0 Å². The molecule has 0 aromatic rings. The fourth-order valence-electron chi connectivity index (χ4n) is 2.01. The SMILES string of the molecule is CC(CCN(C)C)NC1CCN(C)C1. The molecule has 0 amide bonds. The summed E-state index contributed by atoms with van der Waals surface area (Å²) in [6.45, 7) is 5.93. The van der Waals surface area contributed by atoms with Crippen molar-refractivity contribution in [3.63, 3.8) is 0 Å². The molecule has 0 radical (unpaired) electrons. The summed E-state index contributed by atoms with van der Waals surface area (Å²) in [6.07, 6.45) is 2.55. The van der Waals surface area contributed by atoms with Gasteiger partial charge < -0.3 is 15.1 Å². The molecule has 1 saturated heterocycles. The van der Waals surface area contributed by atoms with E-state index in [4.69, 9.17) is 0 Å². The van der Waals surface area contributed by atoms with Gasteiger partial charge in [0.1, 0.15) is 0 Å². The van der Waals surface area contributed by atoms with Crippen molar-refractivity contribution in [1.82, 2.24) is 15.1 Å². The van der Waals surface area contributed by atoms with Gasteiger partial charge in [-0.2, -0.15) is 0 Å². The fourth-order valence-corrected chi connectivity index (χ4v) is 2.01. The third-order valence-electron chi connectivity index (χ3n) is 2.92. The molecule has 84 valence electrons. The molecule has 3 nitrogen and oxygen atoms in total. The standard InChI is InChI=1S/C11H25N3/c1-10(5-7-13(2)3)12-11-6-8-14(4)9-11/h10-12H,5-9H2,1-4H3. The zero-order chi connectivity index (χ0) is 10.6. The molecule has 14 heavy (non-hydrogen) atoms. The molecule has 2 unspecified atom stereocenters. The van der Waals surface area contributed by atoms with Crippen molar-refractivity contribution >= 4 is 0 Å². The number of hydrogen-bond donors (Lipinski definition) is 1. The predicted octanol–water partition coefficient (Wildman–Crippen LogP) is 0.620. The van der Waals surface area contributed by atoms with E-state index >= 15 is 0 Å². The average molecular weight is 199 g/mol. The highest BCUT2D eigenvalue weighted by Gasteiger charge is 2.20. The van der Waals surface area contributed by atoms with Gasteiger partial charge in [-0.25, -0.2) is 0 Å². The first kappa shape index (κ1) is 12.0. The molecular formula is C11H25N3. The Bertz CT molecular complexity index is 159. The van der Waals surface area contributed by atoms with Crippen molar-refractivity contribution in [2.24, 2.45) is 0 Å². The minimum atomic E-state index is 0.647. The minimum absolute atomic E-state index is 0.647.